The Morgan fingerprint density at radius 1 is 1.33 bits per heavy atom. The highest BCUT2D eigenvalue weighted by molar-refractivity contribution is 6.32. The first-order valence-electron chi connectivity index (χ1n) is 7.50. The van der Waals surface area contributed by atoms with E-state index in [2.05, 4.69) is 5.32 Å². The molecule has 2 saturated carbocycles. The third-order valence-electron chi connectivity index (χ3n) is 4.78. The number of halogens is 1. The molecule has 2 N–H and O–H groups in total. The first-order chi connectivity index (χ1) is 10.2. The van der Waals surface area contributed by atoms with Crippen molar-refractivity contribution in [1.29, 1.82) is 0 Å². The molecule has 2 aliphatic rings. The number of benzene rings is 1. The summed E-state index contributed by atoms with van der Waals surface area (Å²) in [6.07, 6.45) is 3.27. The number of nitrogens with one attached hydrogen (secondary N) is 1. The van der Waals surface area contributed by atoms with Crippen molar-refractivity contribution in [2.24, 2.45) is 17.8 Å². The number of aliphatic carboxylic acids is 1. The maximum atomic E-state index is 11.4. The molecule has 0 aliphatic heterocycles. The van der Waals surface area contributed by atoms with Crippen molar-refractivity contribution in [2.75, 3.05) is 13.2 Å². The lowest BCUT2D eigenvalue weighted by Crippen LogP contribution is -2.45. The number of ether oxygens (including phenoxy) is 1. The molecule has 0 amide bonds. The van der Waals surface area contributed by atoms with E-state index in [1.165, 1.54) is 0 Å². The van der Waals surface area contributed by atoms with Crippen molar-refractivity contribution >= 4 is 17.6 Å². The lowest BCUT2D eigenvalue weighted by molar-refractivity contribution is -0.144. The van der Waals surface area contributed by atoms with E-state index in [0.29, 0.717) is 35.8 Å². The van der Waals surface area contributed by atoms with Crippen LogP contribution in [0.5, 0.6) is 5.75 Å². The summed E-state index contributed by atoms with van der Waals surface area (Å²) < 4.78 is 5.63. The molecule has 21 heavy (non-hydrogen) atoms. The molecule has 0 spiro atoms. The summed E-state index contributed by atoms with van der Waals surface area (Å²) >= 11 is 6.02. The third-order valence-corrected chi connectivity index (χ3v) is 5.09. The molecule has 1 aromatic carbocycles. The number of carboxylic acids is 1. The van der Waals surface area contributed by atoms with Crippen molar-refractivity contribution in [1.82, 2.24) is 5.32 Å². The summed E-state index contributed by atoms with van der Waals surface area (Å²) in [5.41, 5.74) is 0. The van der Waals surface area contributed by atoms with Crippen molar-refractivity contribution in [3.8, 4) is 5.75 Å². The molecule has 2 aliphatic carbocycles. The van der Waals surface area contributed by atoms with E-state index >= 15 is 0 Å². The maximum Gasteiger partial charge on any atom is 0.308 e. The Morgan fingerprint density at radius 3 is 2.86 bits per heavy atom. The van der Waals surface area contributed by atoms with Crippen LogP contribution in [-0.2, 0) is 4.79 Å². The van der Waals surface area contributed by atoms with Crippen LogP contribution in [0.4, 0.5) is 0 Å². The molecule has 2 bridgehead atoms. The average Bonchev–Trinajstić information content (AvgIpc) is 3.06. The number of hydrogen-bond acceptors (Lipinski definition) is 3. The summed E-state index contributed by atoms with van der Waals surface area (Å²) in [5, 5.41) is 13.4. The number of carboxylic acid groups (broad SMARTS) is 1. The van der Waals surface area contributed by atoms with Crippen LogP contribution in [0.2, 0.25) is 5.02 Å². The zero-order valence-corrected chi connectivity index (χ0v) is 12.6. The molecule has 0 heterocycles. The monoisotopic (exact) mass is 309 g/mol. The van der Waals surface area contributed by atoms with Gasteiger partial charge in [0.15, 0.2) is 0 Å². The third kappa shape index (κ3) is 3.01. The predicted molar refractivity (Wildman–Crippen MR) is 80.7 cm³/mol. The topological polar surface area (TPSA) is 58.6 Å². The van der Waals surface area contributed by atoms with Crippen molar-refractivity contribution in [2.45, 2.75) is 25.3 Å². The molecule has 4 nitrogen and oxygen atoms in total. The number of fused-ring (bicyclic) bond motifs is 2. The van der Waals surface area contributed by atoms with Gasteiger partial charge in [0.1, 0.15) is 12.4 Å². The van der Waals surface area contributed by atoms with Gasteiger partial charge in [-0.1, -0.05) is 23.7 Å². The molecular weight excluding hydrogens is 290 g/mol. The Labute approximate surface area is 129 Å². The molecule has 0 radical (unpaired) electrons. The smallest absolute Gasteiger partial charge is 0.308 e. The minimum Gasteiger partial charge on any atom is -0.491 e. The summed E-state index contributed by atoms with van der Waals surface area (Å²) in [4.78, 5) is 11.4. The van der Waals surface area contributed by atoms with E-state index in [9.17, 15) is 9.90 Å². The fourth-order valence-corrected chi connectivity index (χ4v) is 4.08. The van der Waals surface area contributed by atoms with Crippen LogP contribution in [0.25, 0.3) is 0 Å². The highest BCUT2D eigenvalue weighted by atomic mass is 35.5. The van der Waals surface area contributed by atoms with Crippen molar-refractivity contribution in [3.63, 3.8) is 0 Å². The largest absolute Gasteiger partial charge is 0.491 e. The van der Waals surface area contributed by atoms with Crippen LogP contribution < -0.4 is 10.1 Å². The second-order valence-corrected chi connectivity index (χ2v) is 6.36. The van der Waals surface area contributed by atoms with Gasteiger partial charge < -0.3 is 15.2 Å². The molecule has 0 saturated heterocycles. The first-order valence-corrected chi connectivity index (χ1v) is 7.88. The van der Waals surface area contributed by atoms with Crippen LogP contribution in [-0.4, -0.2) is 30.3 Å². The van der Waals surface area contributed by atoms with Crippen LogP contribution in [0.15, 0.2) is 24.3 Å². The normalized spacial score (nSPS) is 30.5. The summed E-state index contributed by atoms with van der Waals surface area (Å²) in [6.45, 7) is 1.13. The predicted octanol–water partition coefficient (Wildman–Crippen LogP) is 2.81. The fraction of sp³-hybridized carbons (Fsp3) is 0.562. The number of rotatable bonds is 6. The van der Waals surface area contributed by atoms with Crippen LogP contribution >= 0.6 is 11.6 Å². The highest BCUT2D eigenvalue weighted by Gasteiger charge is 2.50. The average molecular weight is 310 g/mol. The van der Waals surface area contributed by atoms with Crippen molar-refractivity contribution in [3.05, 3.63) is 29.3 Å². The molecule has 3 rings (SSSR count). The van der Waals surface area contributed by atoms with Gasteiger partial charge >= 0.3 is 5.97 Å². The van der Waals surface area contributed by atoms with E-state index < -0.39 is 5.97 Å². The van der Waals surface area contributed by atoms with E-state index in [-0.39, 0.29) is 12.0 Å². The second-order valence-electron chi connectivity index (χ2n) is 5.96. The lowest BCUT2D eigenvalue weighted by atomic mass is 9.84. The molecule has 5 heteroatoms. The molecule has 2 fully saturated rings. The Balaban J connectivity index is 1.49. The van der Waals surface area contributed by atoms with Gasteiger partial charge in [-0.25, -0.2) is 0 Å². The SMILES string of the molecule is O=C(O)C1C2CCC(C2)C1NCCOc1ccccc1Cl. The Kier molecular flexibility index (Phi) is 4.36. The van der Waals surface area contributed by atoms with Crippen LogP contribution in [0.1, 0.15) is 19.3 Å². The van der Waals surface area contributed by atoms with E-state index in [1.54, 1.807) is 6.07 Å². The zero-order chi connectivity index (χ0) is 14.8. The Morgan fingerprint density at radius 2 is 2.10 bits per heavy atom. The molecular formula is C16H20ClNO3. The summed E-state index contributed by atoms with van der Waals surface area (Å²) in [5.74, 6) is 0.644. The van der Waals surface area contributed by atoms with E-state index in [4.69, 9.17) is 16.3 Å². The van der Waals surface area contributed by atoms with E-state index in [1.807, 2.05) is 18.2 Å². The molecule has 114 valence electrons. The number of hydrogen-bond donors (Lipinski definition) is 2. The van der Waals surface area contributed by atoms with Gasteiger partial charge in [-0.05, 0) is 43.2 Å². The molecule has 4 atom stereocenters. The lowest BCUT2D eigenvalue weighted by Gasteiger charge is -2.29. The van der Waals surface area contributed by atoms with Gasteiger partial charge in [-0.3, -0.25) is 4.79 Å². The standard InChI is InChI=1S/C16H20ClNO3/c17-12-3-1-2-4-13(12)21-8-7-18-15-11-6-5-10(9-11)14(15)16(19)20/h1-4,10-11,14-15,18H,5-9H2,(H,19,20). The van der Waals surface area contributed by atoms with Gasteiger partial charge in [-0.2, -0.15) is 0 Å². The Bertz CT molecular complexity index is 522. The molecule has 1 aromatic rings. The minimum absolute atomic E-state index is 0.0936. The van der Waals surface area contributed by atoms with Crippen LogP contribution in [0.3, 0.4) is 0 Å². The summed E-state index contributed by atoms with van der Waals surface area (Å²) in [7, 11) is 0. The molecule has 0 aromatic heterocycles. The zero-order valence-electron chi connectivity index (χ0n) is 11.8. The van der Waals surface area contributed by atoms with Crippen molar-refractivity contribution < 1.29 is 14.6 Å². The summed E-state index contributed by atoms with van der Waals surface area (Å²) in [6, 6.07) is 7.46. The minimum atomic E-state index is -0.660. The van der Waals surface area contributed by atoms with Gasteiger partial charge in [0, 0.05) is 12.6 Å². The van der Waals surface area contributed by atoms with Crippen LogP contribution in [0, 0.1) is 17.8 Å². The highest BCUT2D eigenvalue weighted by Crippen LogP contribution is 2.48. The first kappa shape index (κ1) is 14.7. The maximum absolute atomic E-state index is 11.4. The van der Waals surface area contributed by atoms with Gasteiger partial charge in [-0.15, -0.1) is 0 Å². The number of para-hydroxylation sites is 1. The van der Waals surface area contributed by atoms with Gasteiger partial charge in [0.2, 0.25) is 0 Å². The Hall–Kier alpha value is -1.26. The quantitative estimate of drug-likeness (QED) is 0.793. The van der Waals surface area contributed by atoms with Gasteiger partial charge in [0.05, 0.1) is 10.9 Å². The fourth-order valence-electron chi connectivity index (χ4n) is 3.89. The molecule has 4 unspecified atom stereocenters. The van der Waals surface area contributed by atoms with Gasteiger partial charge in [0.25, 0.3) is 0 Å². The second kappa shape index (κ2) is 6.24. The van der Waals surface area contributed by atoms with E-state index in [0.717, 1.165) is 19.3 Å². The number of carbonyl (C=O) groups is 1.